The van der Waals surface area contributed by atoms with Crippen molar-refractivity contribution in [1.82, 2.24) is 15.3 Å². The highest BCUT2D eigenvalue weighted by Gasteiger charge is 2.14. The van der Waals surface area contributed by atoms with Crippen LogP contribution in [0.2, 0.25) is 0 Å². The van der Waals surface area contributed by atoms with E-state index >= 15 is 0 Å². The van der Waals surface area contributed by atoms with E-state index in [4.69, 9.17) is 4.74 Å². The topological polar surface area (TPSA) is 67.4 Å². The lowest BCUT2D eigenvalue weighted by Crippen LogP contribution is -2.37. The number of hydrogen-bond acceptors (Lipinski definition) is 5. The van der Waals surface area contributed by atoms with Gasteiger partial charge in [0.05, 0.1) is 18.8 Å². The molecule has 1 aliphatic rings. The number of amides is 1. The number of carbonyl (C=O) groups is 1. The third kappa shape index (κ3) is 4.16. The predicted octanol–water partition coefficient (Wildman–Crippen LogP) is 1.23. The number of nitrogens with one attached hydrogen (secondary N) is 1. The fourth-order valence-electron chi connectivity index (χ4n) is 2.04. The summed E-state index contributed by atoms with van der Waals surface area (Å²) in [5.74, 6) is 0.561. The van der Waals surface area contributed by atoms with Gasteiger partial charge in [-0.05, 0) is 6.42 Å². The van der Waals surface area contributed by atoms with E-state index in [0.29, 0.717) is 31.3 Å². The number of rotatable bonds is 6. The number of unbranched alkanes of at least 4 members (excludes halogenated alkanes) is 2. The molecule has 0 atom stereocenters. The number of nitrogens with zero attached hydrogens (tertiary/aromatic N) is 3. The highest BCUT2D eigenvalue weighted by molar-refractivity contribution is 5.93. The van der Waals surface area contributed by atoms with Crippen molar-refractivity contribution in [2.75, 3.05) is 37.7 Å². The van der Waals surface area contributed by atoms with Crippen LogP contribution in [0.5, 0.6) is 0 Å². The number of ether oxygens (including phenoxy) is 1. The first-order chi connectivity index (χ1) is 9.81. The Hall–Kier alpha value is -1.69. The van der Waals surface area contributed by atoms with E-state index in [2.05, 4.69) is 27.1 Å². The quantitative estimate of drug-likeness (QED) is 0.793. The van der Waals surface area contributed by atoms with Gasteiger partial charge in [-0.15, -0.1) is 0 Å². The van der Waals surface area contributed by atoms with Gasteiger partial charge in [0.2, 0.25) is 5.95 Å². The average molecular weight is 278 g/mol. The molecule has 1 saturated heterocycles. The van der Waals surface area contributed by atoms with E-state index in [9.17, 15) is 4.79 Å². The van der Waals surface area contributed by atoms with Gasteiger partial charge in [-0.2, -0.15) is 0 Å². The maximum absolute atomic E-state index is 11.9. The standard InChI is InChI=1S/C14H22N4O2/c1-2-3-4-5-15-13(19)12-10-16-14(17-11-12)18-6-8-20-9-7-18/h10-11H,2-9H2,1H3,(H,15,19). The zero-order valence-electron chi connectivity index (χ0n) is 12.0. The summed E-state index contributed by atoms with van der Waals surface area (Å²) >= 11 is 0. The van der Waals surface area contributed by atoms with Crippen molar-refractivity contribution in [1.29, 1.82) is 0 Å². The molecule has 0 radical (unpaired) electrons. The monoisotopic (exact) mass is 278 g/mol. The molecule has 0 bridgehead atoms. The lowest BCUT2D eigenvalue weighted by atomic mass is 10.2. The smallest absolute Gasteiger partial charge is 0.254 e. The van der Waals surface area contributed by atoms with Gasteiger partial charge in [-0.3, -0.25) is 4.79 Å². The Balaban J connectivity index is 1.85. The summed E-state index contributed by atoms with van der Waals surface area (Å²) in [7, 11) is 0. The summed E-state index contributed by atoms with van der Waals surface area (Å²) in [6.45, 7) is 5.83. The normalized spacial score (nSPS) is 15.2. The molecular weight excluding hydrogens is 256 g/mol. The van der Waals surface area contributed by atoms with E-state index in [1.807, 2.05) is 0 Å². The summed E-state index contributed by atoms with van der Waals surface area (Å²) in [5.41, 5.74) is 0.513. The molecule has 0 saturated carbocycles. The minimum absolute atomic E-state index is 0.102. The van der Waals surface area contributed by atoms with Crippen LogP contribution in [0.4, 0.5) is 5.95 Å². The van der Waals surface area contributed by atoms with Gasteiger partial charge in [0, 0.05) is 32.0 Å². The third-order valence-corrected chi connectivity index (χ3v) is 3.26. The van der Waals surface area contributed by atoms with Crippen LogP contribution in [-0.4, -0.2) is 48.7 Å². The number of aromatic nitrogens is 2. The molecule has 2 heterocycles. The summed E-state index contributed by atoms with van der Waals surface area (Å²) in [6.07, 6.45) is 6.47. The fourth-order valence-corrected chi connectivity index (χ4v) is 2.04. The molecule has 0 aromatic carbocycles. The molecule has 1 fully saturated rings. The molecule has 20 heavy (non-hydrogen) atoms. The van der Waals surface area contributed by atoms with Crippen LogP contribution in [0.3, 0.4) is 0 Å². The van der Waals surface area contributed by atoms with Gasteiger partial charge >= 0.3 is 0 Å². The van der Waals surface area contributed by atoms with Crippen molar-refractivity contribution in [2.24, 2.45) is 0 Å². The first-order valence-electron chi connectivity index (χ1n) is 7.24. The molecule has 2 rings (SSSR count). The molecule has 0 spiro atoms. The second kappa shape index (κ2) is 7.79. The molecule has 1 aromatic rings. The van der Waals surface area contributed by atoms with Gasteiger partial charge in [0.25, 0.3) is 5.91 Å². The van der Waals surface area contributed by atoms with E-state index in [-0.39, 0.29) is 5.91 Å². The lowest BCUT2D eigenvalue weighted by Gasteiger charge is -2.26. The molecule has 0 aliphatic carbocycles. The van der Waals surface area contributed by atoms with Crippen molar-refractivity contribution in [3.05, 3.63) is 18.0 Å². The summed E-state index contributed by atoms with van der Waals surface area (Å²) in [6, 6.07) is 0. The Morgan fingerprint density at radius 3 is 2.65 bits per heavy atom. The predicted molar refractivity (Wildman–Crippen MR) is 76.9 cm³/mol. The van der Waals surface area contributed by atoms with Crippen LogP contribution in [0.25, 0.3) is 0 Å². The van der Waals surface area contributed by atoms with Crippen molar-refractivity contribution < 1.29 is 9.53 Å². The molecule has 1 aromatic heterocycles. The highest BCUT2D eigenvalue weighted by Crippen LogP contribution is 2.09. The molecule has 1 aliphatic heterocycles. The van der Waals surface area contributed by atoms with Gasteiger partial charge in [-0.25, -0.2) is 9.97 Å². The Morgan fingerprint density at radius 2 is 2.00 bits per heavy atom. The van der Waals surface area contributed by atoms with Crippen LogP contribution in [0.1, 0.15) is 36.5 Å². The highest BCUT2D eigenvalue weighted by atomic mass is 16.5. The van der Waals surface area contributed by atoms with Crippen molar-refractivity contribution in [3.63, 3.8) is 0 Å². The second-order valence-corrected chi connectivity index (χ2v) is 4.83. The van der Waals surface area contributed by atoms with E-state index in [1.54, 1.807) is 12.4 Å². The van der Waals surface area contributed by atoms with Gasteiger partial charge in [-0.1, -0.05) is 19.8 Å². The maximum Gasteiger partial charge on any atom is 0.254 e. The van der Waals surface area contributed by atoms with Gasteiger partial charge in [0.15, 0.2) is 0 Å². The molecule has 6 nitrogen and oxygen atoms in total. The first kappa shape index (κ1) is 14.7. The van der Waals surface area contributed by atoms with Crippen molar-refractivity contribution >= 4 is 11.9 Å². The SMILES string of the molecule is CCCCCNC(=O)c1cnc(N2CCOCC2)nc1. The largest absolute Gasteiger partial charge is 0.378 e. The molecule has 110 valence electrons. The first-order valence-corrected chi connectivity index (χ1v) is 7.24. The Morgan fingerprint density at radius 1 is 1.30 bits per heavy atom. The number of carbonyl (C=O) groups excluding carboxylic acids is 1. The van der Waals surface area contributed by atoms with E-state index < -0.39 is 0 Å². The average Bonchev–Trinajstić information content (AvgIpc) is 2.52. The Kier molecular flexibility index (Phi) is 5.73. The maximum atomic E-state index is 11.9. The molecule has 0 unspecified atom stereocenters. The summed E-state index contributed by atoms with van der Waals surface area (Å²) in [4.78, 5) is 22.5. The summed E-state index contributed by atoms with van der Waals surface area (Å²) in [5, 5.41) is 2.88. The van der Waals surface area contributed by atoms with Gasteiger partial charge < -0.3 is 15.0 Å². The minimum atomic E-state index is -0.102. The molecular formula is C14H22N4O2. The van der Waals surface area contributed by atoms with Crippen LogP contribution < -0.4 is 10.2 Å². The van der Waals surface area contributed by atoms with Crippen molar-refractivity contribution in [2.45, 2.75) is 26.2 Å². The van der Waals surface area contributed by atoms with Crippen LogP contribution in [0, 0.1) is 0 Å². The van der Waals surface area contributed by atoms with Crippen LogP contribution >= 0.6 is 0 Å². The third-order valence-electron chi connectivity index (χ3n) is 3.26. The van der Waals surface area contributed by atoms with Crippen molar-refractivity contribution in [3.8, 4) is 0 Å². The zero-order chi connectivity index (χ0) is 14.2. The van der Waals surface area contributed by atoms with E-state index in [1.165, 1.54) is 0 Å². The number of hydrogen-bond donors (Lipinski definition) is 1. The molecule has 6 heteroatoms. The Bertz CT molecular complexity index is 416. The minimum Gasteiger partial charge on any atom is -0.378 e. The van der Waals surface area contributed by atoms with Gasteiger partial charge in [0.1, 0.15) is 0 Å². The fraction of sp³-hybridized carbons (Fsp3) is 0.643. The molecule has 1 N–H and O–H groups in total. The van der Waals surface area contributed by atoms with E-state index in [0.717, 1.165) is 32.4 Å². The number of morpholine rings is 1. The second-order valence-electron chi connectivity index (χ2n) is 4.83. The van der Waals surface area contributed by atoms with Crippen LogP contribution in [0.15, 0.2) is 12.4 Å². The molecule has 1 amide bonds. The Labute approximate surface area is 119 Å². The summed E-state index contributed by atoms with van der Waals surface area (Å²) < 4.78 is 5.29. The lowest BCUT2D eigenvalue weighted by molar-refractivity contribution is 0.0952. The number of anilines is 1. The van der Waals surface area contributed by atoms with Crippen LogP contribution in [-0.2, 0) is 4.74 Å². The zero-order valence-corrected chi connectivity index (χ0v) is 12.0.